The molecule has 6 rings (SSSR count). The summed E-state index contributed by atoms with van der Waals surface area (Å²) in [5.41, 5.74) is 0.806. The summed E-state index contributed by atoms with van der Waals surface area (Å²) >= 11 is 0. The zero-order valence-electron chi connectivity index (χ0n) is 23.3. The number of sulfonamides is 1. The van der Waals surface area contributed by atoms with Gasteiger partial charge in [-0.2, -0.15) is 0 Å². The third kappa shape index (κ3) is 6.00. The molecule has 1 saturated heterocycles. The minimum absolute atomic E-state index is 0.0670. The summed E-state index contributed by atoms with van der Waals surface area (Å²) in [4.78, 5) is 13.2. The van der Waals surface area contributed by atoms with Crippen molar-refractivity contribution >= 4 is 32.3 Å². The number of nitrogens with zero attached hydrogens (tertiary/aromatic N) is 3. The lowest BCUT2D eigenvalue weighted by molar-refractivity contribution is 0.255. The lowest BCUT2D eigenvalue weighted by Crippen LogP contribution is -2.44. The third-order valence-electron chi connectivity index (χ3n) is 7.78. The Hall–Kier alpha value is -3.90. The van der Waals surface area contributed by atoms with Crippen LogP contribution in [0.1, 0.15) is 31.7 Å². The Bertz CT molecular complexity index is 1750. The first kappa shape index (κ1) is 28.2. The molecule has 42 heavy (non-hydrogen) atoms. The molecule has 2 aromatic heterocycles. The van der Waals surface area contributed by atoms with E-state index in [4.69, 9.17) is 4.74 Å². The quantitative estimate of drug-likeness (QED) is 0.230. The number of nitrogens with one attached hydrogen (secondary N) is 3. The van der Waals surface area contributed by atoms with Gasteiger partial charge in [0.15, 0.2) is 5.82 Å². The predicted octanol–water partition coefficient (Wildman–Crippen LogP) is 5.59. The van der Waals surface area contributed by atoms with Gasteiger partial charge in [0.1, 0.15) is 23.4 Å². The van der Waals surface area contributed by atoms with Crippen molar-refractivity contribution in [3.05, 3.63) is 66.4 Å². The standard InChI is InChI=1S/C30H32F2N6O3S/c1-18-25(32)27(38-42(39,40)17-30(2)8-9-30)22-5-3-4-6-23(22)28(18)41-29-26(35-11-12-36-29)19-7-10-34-24(13-19)37-21-14-20(31)15-33-16-21/h3-7,10-13,20-21,33,38H,8-9,14-17H2,1-2H3,(H,34,37). The van der Waals surface area contributed by atoms with Gasteiger partial charge in [0.05, 0.1) is 11.4 Å². The molecule has 220 valence electrons. The van der Waals surface area contributed by atoms with Crippen molar-refractivity contribution in [1.29, 1.82) is 0 Å². The number of pyridine rings is 1. The van der Waals surface area contributed by atoms with E-state index in [1.165, 1.54) is 19.3 Å². The summed E-state index contributed by atoms with van der Waals surface area (Å²) in [7, 11) is -3.78. The lowest BCUT2D eigenvalue weighted by Gasteiger charge is -2.26. The largest absolute Gasteiger partial charge is 0.436 e. The SMILES string of the molecule is Cc1c(F)c(NS(=O)(=O)CC2(C)CC2)c2ccccc2c1Oc1nccnc1-c1ccnc(NC2CNCC(F)C2)c1. The number of aromatic nitrogens is 3. The highest BCUT2D eigenvalue weighted by Gasteiger charge is 2.42. The highest BCUT2D eigenvalue weighted by atomic mass is 32.2. The van der Waals surface area contributed by atoms with Crippen LogP contribution in [0, 0.1) is 18.2 Å². The number of ether oxygens (including phenoxy) is 1. The normalized spacial score (nSPS) is 19.8. The number of halogens is 2. The fraction of sp³-hybridized carbons (Fsp3) is 0.367. The van der Waals surface area contributed by atoms with E-state index in [-0.39, 0.29) is 40.1 Å². The van der Waals surface area contributed by atoms with Crippen LogP contribution in [0.3, 0.4) is 0 Å². The van der Waals surface area contributed by atoms with Crippen LogP contribution in [0.4, 0.5) is 20.3 Å². The van der Waals surface area contributed by atoms with Crippen molar-refractivity contribution in [1.82, 2.24) is 20.3 Å². The van der Waals surface area contributed by atoms with Crippen molar-refractivity contribution < 1.29 is 21.9 Å². The molecule has 2 fully saturated rings. The number of benzene rings is 2. The average Bonchev–Trinajstić information content (AvgIpc) is 3.69. The molecule has 4 aromatic rings. The van der Waals surface area contributed by atoms with Gasteiger partial charge in [-0.25, -0.2) is 32.2 Å². The van der Waals surface area contributed by atoms with Gasteiger partial charge in [0, 0.05) is 66.0 Å². The minimum atomic E-state index is -3.78. The summed E-state index contributed by atoms with van der Waals surface area (Å²) in [5.74, 6) is 0.107. The molecule has 0 radical (unpaired) electrons. The third-order valence-corrected chi connectivity index (χ3v) is 9.37. The van der Waals surface area contributed by atoms with Gasteiger partial charge in [-0.1, -0.05) is 31.2 Å². The van der Waals surface area contributed by atoms with E-state index < -0.39 is 22.0 Å². The van der Waals surface area contributed by atoms with Gasteiger partial charge >= 0.3 is 0 Å². The van der Waals surface area contributed by atoms with Crippen LogP contribution in [-0.4, -0.2) is 54.4 Å². The second-order valence-electron chi connectivity index (χ2n) is 11.4. The average molecular weight is 595 g/mol. The molecule has 2 aliphatic rings. The molecule has 12 heteroatoms. The molecule has 0 bridgehead atoms. The lowest BCUT2D eigenvalue weighted by atomic mass is 10.0. The Labute approximate surface area is 243 Å². The van der Waals surface area contributed by atoms with E-state index in [2.05, 4.69) is 30.3 Å². The number of alkyl halides is 1. The Morgan fingerprint density at radius 2 is 1.83 bits per heavy atom. The van der Waals surface area contributed by atoms with Crippen LogP contribution in [-0.2, 0) is 10.0 Å². The van der Waals surface area contributed by atoms with Crippen molar-refractivity contribution in [3.8, 4) is 22.9 Å². The highest BCUT2D eigenvalue weighted by Crippen LogP contribution is 2.47. The maximum absolute atomic E-state index is 15.9. The molecule has 2 unspecified atom stereocenters. The second-order valence-corrected chi connectivity index (χ2v) is 13.2. The van der Waals surface area contributed by atoms with Crippen LogP contribution in [0.15, 0.2) is 55.0 Å². The number of anilines is 2. The monoisotopic (exact) mass is 594 g/mol. The summed E-state index contributed by atoms with van der Waals surface area (Å²) in [6.07, 6.45) is 5.72. The maximum atomic E-state index is 15.9. The number of piperidine rings is 1. The summed E-state index contributed by atoms with van der Waals surface area (Å²) in [6, 6.07) is 10.3. The van der Waals surface area contributed by atoms with Gasteiger partial charge in [-0.05, 0) is 37.3 Å². The van der Waals surface area contributed by atoms with E-state index in [1.54, 1.807) is 42.6 Å². The van der Waals surface area contributed by atoms with E-state index in [0.29, 0.717) is 47.4 Å². The van der Waals surface area contributed by atoms with E-state index in [0.717, 1.165) is 12.8 Å². The van der Waals surface area contributed by atoms with Crippen LogP contribution in [0.5, 0.6) is 11.6 Å². The van der Waals surface area contributed by atoms with Crippen molar-refractivity contribution in [3.63, 3.8) is 0 Å². The smallest absolute Gasteiger partial charge is 0.246 e. The van der Waals surface area contributed by atoms with E-state index in [9.17, 15) is 12.8 Å². The Balaban J connectivity index is 1.34. The van der Waals surface area contributed by atoms with Gasteiger partial charge < -0.3 is 15.4 Å². The second kappa shape index (κ2) is 11.1. The number of hydrogen-bond acceptors (Lipinski definition) is 8. The highest BCUT2D eigenvalue weighted by molar-refractivity contribution is 7.92. The molecule has 1 saturated carbocycles. The zero-order valence-corrected chi connectivity index (χ0v) is 24.1. The van der Waals surface area contributed by atoms with Crippen LogP contribution in [0.25, 0.3) is 22.0 Å². The van der Waals surface area contributed by atoms with Gasteiger partial charge in [-0.3, -0.25) is 4.72 Å². The van der Waals surface area contributed by atoms with Crippen molar-refractivity contribution in [2.24, 2.45) is 5.41 Å². The van der Waals surface area contributed by atoms with E-state index >= 15 is 4.39 Å². The first-order valence-electron chi connectivity index (χ1n) is 13.9. The Morgan fingerprint density at radius 3 is 2.60 bits per heavy atom. The summed E-state index contributed by atoms with van der Waals surface area (Å²) in [6.45, 7) is 4.41. The fourth-order valence-corrected chi connectivity index (χ4v) is 7.09. The fourth-order valence-electron chi connectivity index (χ4n) is 5.31. The number of fused-ring (bicyclic) bond motifs is 1. The van der Waals surface area contributed by atoms with Crippen LogP contribution >= 0.6 is 0 Å². The van der Waals surface area contributed by atoms with E-state index in [1.807, 2.05) is 6.92 Å². The minimum Gasteiger partial charge on any atom is -0.436 e. The molecule has 3 heterocycles. The molecule has 1 aliphatic carbocycles. The molecule has 2 atom stereocenters. The molecule has 0 spiro atoms. The topological polar surface area (TPSA) is 118 Å². The first-order chi connectivity index (χ1) is 20.1. The predicted molar refractivity (Wildman–Crippen MR) is 159 cm³/mol. The van der Waals surface area contributed by atoms with Gasteiger partial charge in [0.25, 0.3) is 0 Å². The summed E-state index contributed by atoms with van der Waals surface area (Å²) < 4.78 is 64.5. The van der Waals surface area contributed by atoms with Gasteiger partial charge in [-0.15, -0.1) is 0 Å². The first-order valence-corrected chi connectivity index (χ1v) is 15.5. The molecular weight excluding hydrogens is 562 g/mol. The Morgan fingerprint density at radius 1 is 1.07 bits per heavy atom. The van der Waals surface area contributed by atoms with Gasteiger partial charge in [0.2, 0.25) is 15.9 Å². The summed E-state index contributed by atoms with van der Waals surface area (Å²) in [5, 5.41) is 7.22. The molecule has 2 aromatic carbocycles. The molecule has 1 aliphatic heterocycles. The van der Waals surface area contributed by atoms with Crippen LogP contribution < -0.4 is 20.1 Å². The molecular formula is C30H32F2N6O3S. The number of rotatable bonds is 9. The van der Waals surface area contributed by atoms with Crippen molar-refractivity contribution in [2.45, 2.75) is 45.3 Å². The maximum Gasteiger partial charge on any atom is 0.246 e. The van der Waals surface area contributed by atoms with Crippen LogP contribution in [0.2, 0.25) is 0 Å². The molecule has 0 amide bonds. The molecule has 9 nitrogen and oxygen atoms in total. The zero-order chi connectivity index (χ0) is 29.5. The number of hydrogen-bond donors (Lipinski definition) is 3. The molecule has 3 N–H and O–H groups in total. The Kier molecular flexibility index (Phi) is 7.44. The van der Waals surface area contributed by atoms with Crippen molar-refractivity contribution in [2.75, 3.05) is 28.9 Å².